The summed E-state index contributed by atoms with van der Waals surface area (Å²) in [5, 5.41) is 3.47. The third-order valence-corrected chi connectivity index (χ3v) is 4.25. The van der Waals surface area contributed by atoms with Gasteiger partial charge in [0.05, 0.1) is 6.33 Å². The van der Waals surface area contributed by atoms with Gasteiger partial charge in [0.25, 0.3) is 0 Å². The summed E-state index contributed by atoms with van der Waals surface area (Å²) in [5.41, 5.74) is 2.67. The van der Waals surface area contributed by atoms with Crippen molar-refractivity contribution >= 4 is 15.9 Å². The second-order valence-corrected chi connectivity index (χ2v) is 6.03. The van der Waals surface area contributed by atoms with Crippen LogP contribution in [0.3, 0.4) is 0 Å². The number of hydrogen-bond donors (Lipinski definition) is 1. The fourth-order valence-electron chi connectivity index (χ4n) is 2.69. The predicted molar refractivity (Wildman–Crippen MR) is 80.3 cm³/mol. The number of nitrogens with zero attached hydrogens (tertiary/aromatic N) is 2. The van der Waals surface area contributed by atoms with Gasteiger partial charge in [0.2, 0.25) is 0 Å². The molecule has 1 aromatic heterocycles. The molecule has 4 heteroatoms. The minimum Gasteiger partial charge on any atom is -0.330 e. The normalized spacial score (nSPS) is 19.5. The lowest BCUT2D eigenvalue weighted by atomic mass is 9.96. The van der Waals surface area contributed by atoms with E-state index in [1.54, 1.807) is 0 Å². The number of aromatic nitrogens is 2. The van der Waals surface area contributed by atoms with Crippen LogP contribution in [0.1, 0.15) is 30.0 Å². The monoisotopic (exact) mass is 319 g/mol. The van der Waals surface area contributed by atoms with Crippen LogP contribution in [0.25, 0.3) is 0 Å². The molecule has 0 amide bonds. The Bertz CT molecular complexity index is 527. The van der Waals surface area contributed by atoms with E-state index in [0.29, 0.717) is 5.92 Å². The summed E-state index contributed by atoms with van der Waals surface area (Å²) in [4.78, 5) is 4.34. The van der Waals surface area contributed by atoms with Crippen LogP contribution >= 0.6 is 15.9 Å². The molecule has 2 heterocycles. The van der Waals surface area contributed by atoms with Gasteiger partial charge in [0.1, 0.15) is 0 Å². The second-order valence-electron chi connectivity index (χ2n) is 5.12. The highest BCUT2D eigenvalue weighted by atomic mass is 79.9. The van der Waals surface area contributed by atoms with Gasteiger partial charge >= 0.3 is 0 Å². The van der Waals surface area contributed by atoms with E-state index in [9.17, 15) is 0 Å². The van der Waals surface area contributed by atoms with Crippen molar-refractivity contribution in [2.45, 2.75) is 25.3 Å². The zero-order valence-electron chi connectivity index (χ0n) is 10.8. The summed E-state index contributed by atoms with van der Waals surface area (Å²) >= 11 is 3.47. The van der Waals surface area contributed by atoms with E-state index in [0.717, 1.165) is 24.1 Å². The number of benzene rings is 1. The molecule has 1 fully saturated rings. The molecule has 1 saturated heterocycles. The number of halogens is 1. The highest BCUT2D eigenvalue weighted by molar-refractivity contribution is 9.10. The Morgan fingerprint density at radius 3 is 2.89 bits per heavy atom. The Labute approximate surface area is 122 Å². The van der Waals surface area contributed by atoms with E-state index in [-0.39, 0.29) is 0 Å². The minimum atomic E-state index is 0.603. The molecule has 0 spiro atoms. The van der Waals surface area contributed by atoms with Crippen molar-refractivity contribution in [2.24, 2.45) is 0 Å². The summed E-state index contributed by atoms with van der Waals surface area (Å²) in [6.45, 7) is 3.13. The number of nitrogens with one attached hydrogen (secondary N) is 1. The van der Waals surface area contributed by atoms with Gasteiger partial charge in [-0.05, 0) is 37.1 Å². The average Bonchev–Trinajstić information content (AvgIpc) is 2.90. The fraction of sp³-hybridized carbons (Fsp3) is 0.400. The molecule has 3 rings (SSSR count). The maximum atomic E-state index is 4.34. The van der Waals surface area contributed by atoms with Crippen molar-refractivity contribution in [3.8, 4) is 0 Å². The third kappa shape index (κ3) is 3.07. The fourth-order valence-corrected chi connectivity index (χ4v) is 2.96. The number of rotatable bonds is 3. The maximum absolute atomic E-state index is 4.34. The van der Waals surface area contributed by atoms with Gasteiger partial charge in [-0.15, -0.1) is 0 Å². The van der Waals surface area contributed by atoms with Crippen LogP contribution in [0.2, 0.25) is 0 Å². The standard InChI is InChI=1S/C15H18BrN3/c16-14-5-3-12(4-6-14)10-19-11-18-9-15(19)13-2-1-7-17-8-13/h3-6,9,11,13,17H,1-2,7-8,10H2. The first-order valence-electron chi connectivity index (χ1n) is 6.78. The summed E-state index contributed by atoms with van der Waals surface area (Å²) < 4.78 is 3.40. The van der Waals surface area contributed by atoms with E-state index in [2.05, 4.69) is 55.1 Å². The first kappa shape index (κ1) is 12.9. The molecule has 19 heavy (non-hydrogen) atoms. The third-order valence-electron chi connectivity index (χ3n) is 3.73. The number of piperidine rings is 1. The van der Waals surface area contributed by atoms with Crippen LogP contribution in [-0.2, 0) is 6.54 Å². The van der Waals surface area contributed by atoms with E-state index in [1.165, 1.54) is 24.1 Å². The summed E-state index contributed by atoms with van der Waals surface area (Å²) in [6, 6.07) is 8.50. The van der Waals surface area contributed by atoms with E-state index in [1.807, 2.05) is 12.5 Å². The number of hydrogen-bond acceptors (Lipinski definition) is 2. The lowest BCUT2D eigenvalue weighted by molar-refractivity contribution is 0.444. The van der Waals surface area contributed by atoms with Crippen LogP contribution in [-0.4, -0.2) is 22.6 Å². The molecule has 2 aromatic rings. The molecule has 1 unspecified atom stereocenters. The van der Waals surface area contributed by atoms with Crippen LogP contribution in [0.4, 0.5) is 0 Å². The molecule has 100 valence electrons. The largest absolute Gasteiger partial charge is 0.330 e. The second kappa shape index (κ2) is 5.88. The average molecular weight is 320 g/mol. The highest BCUT2D eigenvalue weighted by Crippen LogP contribution is 2.23. The lowest BCUT2D eigenvalue weighted by Gasteiger charge is -2.23. The number of imidazole rings is 1. The Kier molecular flexibility index (Phi) is 3.99. The summed E-state index contributed by atoms with van der Waals surface area (Å²) in [5.74, 6) is 0.603. The Hall–Kier alpha value is -1.13. The Morgan fingerprint density at radius 1 is 1.32 bits per heavy atom. The minimum absolute atomic E-state index is 0.603. The van der Waals surface area contributed by atoms with Crippen molar-refractivity contribution < 1.29 is 0 Å². The molecule has 1 aromatic carbocycles. The van der Waals surface area contributed by atoms with Crippen molar-refractivity contribution in [1.29, 1.82) is 0 Å². The molecule has 0 saturated carbocycles. The SMILES string of the molecule is Brc1ccc(Cn2cncc2C2CCCNC2)cc1. The van der Waals surface area contributed by atoms with Crippen LogP contribution in [0, 0.1) is 0 Å². The molecule has 1 aliphatic rings. The molecular formula is C15H18BrN3. The topological polar surface area (TPSA) is 29.9 Å². The van der Waals surface area contributed by atoms with E-state index < -0.39 is 0 Å². The first-order valence-corrected chi connectivity index (χ1v) is 7.57. The smallest absolute Gasteiger partial charge is 0.0951 e. The molecule has 1 atom stereocenters. The van der Waals surface area contributed by atoms with Gasteiger partial charge in [-0.3, -0.25) is 0 Å². The quantitative estimate of drug-likeness (QED) is 0.941. The molecule has 1 N–H and O–H groups in total. The molecule has 0 bridgehead atoms. The Balaban J connectivity index is 1.77. The Morgan fingerprint density at radius 2 is 2.16 bits per heavy atom. The molecule has 1 aliphatic heterocycles. The highest BCUT2D eigenvalue weighted by Gasteiger charge is 2.18. The first-order chi connectivity index (χ1) is 9.33. The van der Waals surface area contributed by atoms with Crippen molar-refractivity contribution in [2.75, 3.05) is 13.1 Å². The van der Waals surface area contributed by atoms with E-state index in [4.69, 9.17) is 0 Å². The molecular weight excluding hydrogens is 302 g/mol. The lowest BCUT2D eigenvalue weighted by Crippen LogP contribution is -2.29. The molecule has 0 aliphatic carbocycles. The van der Waals surface area contributed by atoms with Crippen molar-refractivity contribution in [3.63, 3.8) is 0 Å². The van der Waals surface area contributed by atoms with Gasteiger partial charge in [0, 0.05) is 35.4 Å². The molecule has 3 nitrogen and oxygen atoms in total. The van der Waals surface area contributed by atoms with Crippen LogP contribution < -0.4 is 5.32 Å². The summed E-state index contributed by atoms with van der Waals surface area (Å²) in [7, 11) is 0. The van der Waals surface area contributed by atoms with Gasteiger partial charge in [-0.2, -0.15) is 0 Å². The van der Waals surface area contributed by atoms with Gasteiger partial charge < -0.3 is 9.88 Å². The summed E-state index contributed by atoms with van der Waals surface area (Å²) in [6.07, 6.45) is 6.50. The van der Waals surface area contributed by atoms with Gasteiger partial charge in [0.15, 0.2) is 0 Å². The maximum Gasteiger partial charge on any atom is 0.0951 e. The predicted octanol–water partition coefficient (Wildman–Crippen LogP) is 3.16. The van der Waals surface area contributed by atoms with Gasteiger partial charge in [-0.25, -0.2) is 4.98 Å². The van der Waals surface area contributed by atoms with Gasteiger partial charge in [-0.1, -0.05) is 28.1 Å². The van der Waals surface area contributed by atoms with Crippen LogP contribution in [0.15, 0.2) is 41.3 Å². The molecule has 0 radical (unpaired) electrons. The van der Waals surface area contributed by atoms with E-state index >= 15 is 0 Å². The van der Waals surface area contributed by atoms with Crippen molar-refractivity contribution in [1.82, 2.24) is 14.9 Å². The van der Waals surface area contributed by atoms with Crippen LogP contribution in [0.5, 0.6) is 0 Å². The zero-order valence-corrected chi connectivity index (χ0v) is 12.4. The zero-order chi connectivity index (χ0) is 13.1. The van der Waals surface area contributed by atoms with Crippen molar-refractivity contribution in [3.05, 3.63) is 52.5 Å².